The molecule has 1 heterocycles. The highest BCUT2D eigenvalue weighted by molar-refractivity contribution is 5.42. The molecule has 2 fully saturated rings. The minimum Gasteiger partial charge on any atom is -0.493 e. The molecule has 1 saturated heterocycles. The minimum absolute atomic E-state index is 0.743. The molecule has 6 nitrogen and oxygen atoms in total. The normalized spacial score (nSPS) is 16.7. The van der Waals surface area contributed by atoms with E-state index in [1.54, 1.807) is 14.2 Å². The third-order valence-electron chi connectivity index (χ3n) is 7.40. The van der Waals surface area contributed by atoms with Crippen LogP contribution in [0, 0.1) is 0 Å². The van der Waals surface area contributed by atoms with Gasteiger partial charge in [-0.3, -0.25) is 0 Å². The van der Waals surface area contributed by atoms with Crippen LogP contribution in [-0.2, 0) is 13.0 Å². The zero-order chi connectivity index (χ0) is 26.7. The Morgan fingerprint density at radius 1 is 0.730 bits per heavy atom. The Kier molecular flexibility index (Phi) is 16.0. The van der Waals surface area contributed by atoms with Crippen molar-refractivity contribution in [2.24, 2.45) is 0 Å². The largest absolute Gasteiger partial charge is 0.493 e. The van der Waals surface area contributed by atoms with E-state index in [2.05, 4.69) is 65.3 Å². The monoisotopic (exact) mass is 512 g/mol. The van der Waals surface area contributed by atoms with Crippen LogP contribution >= 0.6 is 0 Å². The van der Waals surface area contributed by atoms with E-state index in [4.69, 9.17) is 9.47 Å². The van der Waals surface area contributed by atoms with Gasteiger partial charge in [0.05, 0.1) is 14.2 Å². The first-order valence-electron chi connectivity index (χ1n) is 14.1. The molecule has 0 bridgehead atoms. The standard InChI is InChI=1S/C14H22N2.C10H15NO2.C7H15N/c1-15-14-8-11-16(12-9-14)10-7-13-5-3-2-4-6-13;1-11-7-8-4-5-9(12-2)10(6-8)13-3;1-8-7-5-3-2-4-6-7/h2-6,14-15H,7-12H2,1H3;4-6,11H,7H2,1-3H3;7-8H,2-6H2,1H3. The molecular weight excluding hydrogens is 460 g/mol. The lowest BCUT2D eigenvalue weighted by atomic mass is 9.96. The van der Waals surface area contributed by atoms with Gasteiger partial charge in [-0.1, -0.05) is 55.7 Å². The number of piperidine rings is 1. The number of likely N-dealkylation sites (tertiary alicyclic amines) is 1. The highest BCUT2D eigenvalue weighted by atomic mass is 16.5. The molecule has 3 N–H and O–H groups in total. The molecule has 6 heteroatoms. The first-order chi connectivity index (χ1) is 18.1. The summed E-state index contributed by atoms with van der Waals surface area (Å²) in [6.45, 7) is 4.54. The summed E-state index contributed by atoms with van der Waals surface area (Å²) in [4.78, 5) is 2.58. The Hall–Kier alpha value is -2.12. The second kappa shape index (κ2) is 19.0. The molecule has 1 saturated carbocycles. The molecular formula is C31H52N4O2. The van der Waals surface area contributed by atoms with E-state index in [0.717, 1.165) is 30.1 Å². The molecule has 2 aromatic rings. The van der Waals surface area contributed by atoms with Crippen LogP contribution in [0.2, 0.25) is 0 Å². The summed E-state index contributed by atoms with van der Waals surface area (Å²) in [6, 6.07) is 18.3. The number of hydrogen-bond donors (Lipinski definition) is 3. The Bertz CT molecular complexity index is 819. The molecule has 1 aliphatic carbocycles. The predicted molar refractivity (Wildman–Crippen MR) is 157 cm³/mol. The fraction of sp³-hybridized carbons (Fsp3) is 0.613. The van der Waals surface area contributed by atoms with Gasteiger partial charge in [-0.15, -0.1) is 0 Å². The van der Waals surface area contributed by atoms with Crippen LogP contribution in [0.3, 0.4) is 0 Å². The molecule has 2 aromatic carbocycles. The second-order valence-corrected chi connectivity index (χ2v) is 9.98. The van der Waals surface area contributed by atoms with Gasteiger partial charge in [-0.05, 0) is 89.6 Å². The van der Waals surface area contributed by atoms with Crippen LogP contribution in [0.15, 0.2) is 48.5 Å². The zero-order valence-corrected chi connectivity index (χ0v) is 24.0. The number of ether oxygens (including phenoxy) is 2. The first kappa shape index (κ1) is 31.1. The quantitative estimate of drug-likeness (QED) is 0.446. The number of nitrogens with zero attached hydrogens (tertiary/aromatic N) is 1. The van der Waals surface area contributed by atoms with E-state index in [1.165, 1.54) is 82.1 Å². The lowest BCUT2D eigenvalue weighted by molar-refractivity contribution is 0.204. The fourth-order valence-electron chi connectivity index (χ4n) is 4.96. The van der Waals surface area contributed by atoms with Gasteiger partial charge in [0.15, 0.2) is 11.5 Å². The summed E-state index contributed by atoms with van der Waals surface area (Å²) in [7, 11) is 9.33. The predicted octanol–water partition coefficient (Wildman–Crippen LogP) is 4.87. The first-order valence-corrected chi connectivity index (χ1v) is 14.1. The molecule has 1 aliphatic heterocycles. The summed E-state index contributed by atoms with van der Waals surface area (Å²) in [5.41, 5.74) is 2.64. The summed E-state index contributed by atoms with van der Waals surface area (Å²) < 4.78 is 10.3. The van der Waals surface area contributed by atoms with E-state index in [-0.39, 0.29) is 0 Å². The Morgan fingerprint density at radius 3 is 1.89 bits per heavy atom. The van der Waals surface area contributed by atoms with Gasteiger partial charge in [-0.2, -0.15) is 0 Å². The number of methoxy groups -OCH3 is 2. The van der Waals surface area contributed by atoms with Crippen LogP contribution in [-0.4, -0.2) is 72.0 Å². The van der Waals surface area contributed by atoms with E-state index in [0.29, 0.717) is 0 Å². The Morgan fingerprint density at radius 2 is 1.35 bits per heavy atom. The van der Waals surface area contributed by atoms with Crippen molar-refractivity contribution in [3.63, 3.8) is 0 Å². The topological polar surface area (TPSA) is 57.8 Å². The summed E-state index contributed by atoms with van der Waals surface area (Å²) in [5, 5.41) is 9.75. The van der Waals surface area contributed by atoms with E-state index in [1.807, 2.05) is 25.2 Å². The van der Waals surface area contributed by atoms with Gasteiger partial charge in [0.2, 0.25) is 0 Å². The van der Waals surface area contributed by atoms with Gasteiger partial charge in [0.25, 0.3) is 0 Å². The van der Waals surface area contributed by atoms with Gasteiger partial charge in [0, 0.05) is 25.2 Å². The Labute approximate surface area is 226 Å². The molecule has 0 spiro atoms. The van der Waals surface area contributed by atoms with Crippen molar-refractivity contribution in [2.45, 2.75) is 70.0 Å². The summed E-state index contributed by atoms with van der Waals surface area (Å²) >= 11 is 0. The van der Waals surface area contributed by atoms with Crippen LogP contribution in [0.5, 0.6) is 11.5 Å². The van der Waals surface area contributed by atoms with Crippen LogP contribution in [0.4, 0.5) is 0 Å². The molecule has 37 heavy (non-hydrogen) atoms. The molecule has 2 aliphatic rings. The fourth-order valence-corrected chi connectivity index (χ4v) is 4.96. The molecule has 0 unspecified atom stereocenters. The molecule has 4 rings (SSSR count). The number of nitrogens with one attached hydrogen (secondary N) is 3. The second-order valence-electron chi connectivity index (χ2n) is 9.98. The highest BCUT2D eigenvalue weighted by Crippen LogP contribution is 2.27. The van der Waals surface area contributed by atoms with Crippen molar-refractivity contribution in [1.29, 1.82) is 0 Å². The highest BCUT2D eigenvalue weighted by Gasteiger charge is 2.16. The molecule has 208 valence electrons. The summed E-state index contributed by atoms with van der Waals surface area (Å²) in [5.74, 6) is 1.54. The third kappa shape index (κ3) is 12.3. The third-order valence-corrected chi connectivity index (χ3v) is 7.40. The van der Waals surface area contributed by atoms with Crippen molar-refractivity contribution in [1.82, 2.24) is 20.9 Å². The van der Waals surface area contributed by atoms with Crippen molar-refractivity contribution in [3.05, 3.63) is 59.7 Å². The van der Waals surface area contributed by atoms with Crippen molar-refractivity contribution >= 4 is 0 Å². The molecule has 0 amide bonds. The van der Waals surface area contributed by atoms with Crippen molar-refractivity contribution in [2.75, 3.05) is 55.0 Å². The van der Waals surface area contributed by atoms with Crippen LogP contribution < -0.4 is 25.4 Å². The summed E-state index contributed by atoms with van der Waals surface area (Å²) in [6.07, 6.45) is 10.9. The van der Waals surface area contributed by atoms with Crippen LogP contribution in [0.25, 0.3) is 0 Å². The molecule has 0 aromatic heterocycles. The molecule has 0 atom stereocenters. The maximum Gasteiger partial charge on any atom is 0.161 e. The minimum atomic E-state index is 0.743. The Balaban J connectivity index is 0.000000206. The molecule has 0 radical (unpaired) electrons. The zero-order valence-electron chi connectivity index (χ0n) is 24.0. The maximum absolute atomic E-state index is 5.17. The van der Waals surface area contributed by atoms with Gasteiger partial charge < -0.3 is 30.3 Å². The lowest BCUT2D eigenvalue weighted by Crippen LogP contribution is -2.41. The van der Waals surface area contributed by atoms with E-state index >= 15 is 0 Å². The van der Waals surface area contributed by atoms with Crippen molar-refractivity contribution < 1.29 is 9.47 Å². The maximum atomic E-state index is 5.17. The SMILES string of the molecule is CNC1CCCCC1.CNC1CCN(CCc2ccccc2)CC1.CNCc1ccc(OC)c(OC)c1. The van der Waals surface area contributed by atoms with E-state index in [9.17, 15) is 0 Å². The average molecular weight is 513 g/mol. The average Bonchev–Trinajstić information content (AvgIpc) is 2.98. The van der Waals surface area contributed by atoms with Gasteiger partial charge in [0.1, 0.15) is 0 Å². The van der Waals surface area contributed by atoms with Crippen molar-refractivity contribution in [3.8, 4) is 11.5 Å². The van der Waals surface area contributed by atoms with Crippen LogP contribution in [0.1, 0.15) is 56.1 Å². The smallest absolute Gasteiger partial charge is 0.161 e. The van der Waals surface area contributed by atoms with Gasteiger partial charge in [-0.25, -0.2) is 0 Å². The van der Waals surface area contributed by atoms with E-state index < -0.39 is 0 Å². The number of hydrogen-bond acceptors (Lipinski definition) is 6. The number of benzene rings is 2. The lowest BCUT2D eigenvalue weighted by Gasteiger charge is -2.31. The van der Waals surface area contributed by atoms with Gasteiger partial charge >= 0.3 is 0 Å². The number of rotatable bonds is 9.